The zero-order valence-electron chi connectivity index (χ0n) is 10.5. The van der Waals surface area contributed by atoms with Crippen molar-refractivity contribution in [1.82, 2.24) is 9.78 Å². The van der Waals surface area contributed by atoms with Crippen LogP contribution in [0, 0.1) is 6.92 Å². The molecule has 6 nitrogen and oxygen atoms in total. The van der Waals surface area contributed by atoms with Gasteiger partial charge in [-0.25, -0.2) is 4.79 Å². The summed E-state index contributed by atoms with van der Waals surface area (Å²) in [6, 6.07) is 3.13. The molecule has 0 aliphatic carbocycles. The fourth-order valence-corrected chi connectivity index (χ4v) is 2.43. The normalized spacial score (nSPS) is 10.4. The van der Waals surface area contributed by atoms with Gasteiger partial charge in [0.15, 0.2) is 0 Å². The van der Waals surface area contributed by atoms with E-state index in [4.69, 9.17) is 5.11 Å². The molecule has 0 aliphatic rings. The number of carboxylic acids is 1. The van der Waals surface area contributed by atoms with E-state index in [9.17, 15) is 9.59 Å². The Bertz CT molecular complexity index is 630. The minimum atomic E-state index is -1.01. The minimum absolute atomic E-state index is 0.167. The molecule has 0 bridgehead atoms. The molecule has 2 rings (SSSR count). The number of carboxylic acid groups (broad SMARTS) is 1. The monoisotopic (exact) mass is 279 g/mol. The molecule has 2 aromatic heterocycles. The van der Waals surface area contributed by atoms with Gasteiger partial charge in [0.25, 0.3) is 5.91 Å². The molecule has 0 saturated heterocycles. The number of aromatic carboxylic acids is 1. The lowest BCUT2D eigenvalue weighted by molar-refractivity contribution is 0.0697. The fraction of sp³-hybridized carbons (Fsp3) is 0.250. The van der Waals surface area contributed by atoms with Gasteiger partial charge in [-0.15, -0.1) is 11.3 Å². The van der Waals surface area contributed by atoms with Crippen molar-refractivity contribution >= 4 is 28.2 Å². The van der Waals surface area contributed by atoms with Gasteiger partial charge in [-0.3, -0.25) is 9.48 Å². The van der Waals surface area contributed by atoms with Gasteiger partial charge >= 0.3 is 5.97 Å². The van der Waals surface area contributed by atoms with E-state index in [1.807, 2.05) is 13.8 Å². The van der Waals surface area contributed by atoms with Gasteiger partial charge in [0.2, 0.25) is 0 Å². The van der Waals surface area contributed by atoms with Crippen LogP contribution in [0.3, 0.4) is 0 Å². The van der Waals surface area contributed by atoms with Gasteiger partial charge in [0.1, 0.15) is 5.69 Å². The van der Waals surface area contributed by atoms with Crippen LogP contribution in [0.4, 0.5) is 5.00 Å². The van der Waals surface area contributed by atoms with E-state index < -0.39 is 5.97 Å². The number of nitrogens with one attached hydrogen (secondary N) is 1. The maximum atomic E-state index is 12.1. The number of nitrogens with zero attached hydrogens (tertiary/aromatic N) is 2. The molecule has 0 atom stereocenters. The summed E-state index contributed by atoms with van der Waals surface area (Å²) in [5, 5.41) is 17.7. The lowest BCUT2D eigenvalue weighted by atomic mass is 10.3. The summed E-state index contributed by atoms with van der Waals surface area (Å²) in [6.07, 6.45) is 0. The molecule has 1 amide bonds. The van der Waals surface area contributed by atoms with E-state index in [-0.39, 0.29) is 11.5 Å². The van der Waals surface area contributed by atoms with Crippen LogP contribution in [-0.2, 0) is 6.54 Å². The highest BCUT2D eigenvalue weighted by atomic mass is 32.1. The van der Waals surface area contributed by atoms with Crippen molar-refractivity contribution in [2.75, 3.05) is 5.32 Å². The van der Waals surface area contributed by atoms with E-state index in [1.54, 1.807) is 10.7 Å². The zero-order chi connectivity index (χ0) is 14.0. The first-order valence-electron chi connectivity index (χ1n) is 5.69. The molecule has 7 heteroatoms. The first kappa shape index (κ1) is 13.3. The van der Waals surface area contributed by atoms with Crippen LogP contribution < -0.4 is 5.32 Å². The van der Waals surface area contributed by atoms with Crippen LogP contribution in [0.1, 0.15) is 33.5 Å². The van der Waals surface area contributed by atoms with E-state index >= 15 is 0 Å². The minimum Gasteiger partial charge on any atom is -0.478 e. The summed E-state index contributed by atoms with van der Waals surface area (Å²) in [6.45, 7) is 4.31. The van der Waals surface area contributed by atoms with Gasteiger partial charge in [0, 0.05) is 11.9 Å². The van der Waals surface area contributed by atoms with Crippen LogP contribution in [-0.4, -0.2) is 26.8 Å². The third-order valence-electron chi connectivity index (χ3n) is 2.52. The average molecular weight is 279 g/mol. The standard InChI is InChI=1S/C12H13N3O3S/c1-3-15-9(4-7(2)14-15)11(16)13-10-5-8(6-19-10)12(17)18/h4-6H,3H2,1-2H3,(H,13,16)(H,17,18). The maximum Gasteiger partial charge on any atom is 0.336 e. The lowest BCUT2D eigenvalue weighted by Crippen LogP contribution is -2.16. The molecule has 2 aromatic rings. The molecule has 2 N–H and O–H groups in total. The quantitative estimate of drug-likeness (QED) is 0.898. The van der Waals surface area contributed by atoms with E-state index in [0.29, 0.717) is 17.2 Å². The number of rotatable bonds is 4. The van der Waals surface area contributed by atoms with E-state index in [2.05, 4.69) is 10.4 Å². The molecule has 0 aliphatic heterocycles. The number of anilines is 1. The Morgan fingerprint density at radius 3 is 2.79 bits per heavy atom. The topological polar surface area (TPSA) is 84.2 Å². The predicted molar refractivity (Wildman–Crippen MR) is 71.9 cm³/mol. The summed E-state index contributed by atoms with van der Waals surface area (Å²) >= 11 is 1.18. The number of hydrogen-bond acceptors (Lipinski definition) is 4. The fourth-order valence-electron chi connectivity index (χ4n) is 1.66. The predicted octanol–water partition coefficient (Wildman–Crippen LogP) is 2.22. The summed E-state index contributed by atoms with van der Waals surface area (Å²) in [4.78, 5) is 22.8. The van der Waals surface area contributed by atoms with Crippen molar-refractivity contribution in [3.05, 3.63) is 34.5 Å². The molecule has 0 saturated carbocycles. The second kappa shape index (κ2) is 5.23. The first-order chi connectivity index (χ1) is 9.01. The molecule has 0 fully saturated rings. The zero-order valence-corrected chi connectivity index (χ0v) is 11.3. The highest BCUT2D eigenvalue weighted by Gasteiger charge is 2.15. The molecule has 0 spiro atoms. The van der Waals surface area contributed by atoms with Gasteiger partial charge in [0.05, 0.1) is 16.3 Å². The SMILES string of the molecule is CCn1nc(C)cc1C(=O)Nc1cc(C(=O)O)cs1. The number of hydrogen-bond donors (Lipinski definition) is 2. The summed E-state index contributed by atoms with van der Waals surface area (Å²) in [7, 11) is 0. The third-order valence-corrected chi connectivity index (χ3v) is 3.36. The number of carbonyl (C=O) groups is 2. The second-order valence-electron chi connectivity index (χ2n) is 3.95. The highest BCUT2D eigenvalue weighted by molar-refractivity contribution is 7.14. The number of aromatic nitrogens is 2. The van der Waals surface area contributed by atoms with Crippen molar-refractivity contribution in [1.29, 1.82) is 0 Å². The van der Waals surface area contributed by atoms with Crippen LogP contribution in [0.25, 0.3) is 0 Å². The Kier molecular flexibility index (Phi) is 3.66. The summed E-state index contributed by atoms with van der Waals surface area (Å²) in [5.74, 6) is -1.30. The van der Waals surface area contributed by atoms with Gasteiger partial charge in [-0.05, 0) is 26.0 Å². The van der Waals surface area contributed by atoms with Crippen molar-refractivity contribution in [3.63, 3.8) is 0 Å². The molecule has 19 heavy (non-hydrogen) atoms. The number of amides is 1. The molecule has 0 unspecified atom stereocenters. The van der Waals surface area contributed by atoms with Crippen molar-refractivity contribution in [2.24, 2.45) is 0 Å². The second-order valence-corrected chi connectivity index (χ2v) is 4.86. The molecule has 0 radical (unpaired) electrons. The third kappa shape index (κ3) is 2.82. The van der Waals surface area contributed by atoms with E-state index in [0.717, 1.165) is 5.69 Å². The van der Waals surface area contributed by atoms with Crippen LogP contribution >= 0.6 is 11.3 Å². The Labute approximate surface area is 113 Å². The molecule has 0 aromatic carbocycles. The van der Waals surface area contributed by atoms with E-state index in [1.165, 1.54) is 22.8 Å². The Morgan fingerprint density at radius 2 is 2.21 bits per heavy atom. The average Bonchev–Trinajstić information content (AvgIpc) is 2.95. The van der Waals surface area contributed by atoms with Gasteiger partial charge in [-0.2, -0.15) is 5.10 Å². The van der Waals surface area contributed by atoms with Crippen molar-refractivity contribution in [3.8, 4) is 0 Å². The van der Waals surface area contributed by atoms with Crippen molar-refractivity contribution in [2.45, 2.75) is 20.4 Å². The molecular weight excluding hydrogens is 266 g/mol. The summed E-state index contributed by atoms with van der Waals surface area (Å²) in [5.41, 5.74) is 1.40. The lowest BCUT2D eigenvalue weighted by Gasteiger charge is -2.04. The van der Waals surface area contributed by atoms with Crippen LogP contribution in [0.5, 0.6) is 0 Å². The largest absolute Gasteiger partial charge is 0.478 e. The first-order valence-corrected chi connectivity index (χ1v) is 6.57. The number of aryl methyl sites for hydroxylation is 2. The number of carbonyl (C=O) groups excluding carboxylic acids is 1. The van der Waals surface area contributed by atoms with Crippen LogP contribution in [0.15, 0.2) is 17.5 Å². The molecule has 100 valence electrons. The van der Waals surface area contributed by atoms with Gasteiger partial charge in [-0.1, -0.05) is 0 Å². The molecule has 2 heterocycles. The Balaban J connectivity index is 2.18. The highest BCUT2D eigenvalue weighted by Crippen LogP contribution is 2.21. The smallest absolute Gasteiger partial charge is 0.336 e. The number of thiophene rings is 1. The summed E-state index contributed by atoms with van der Waals surface area (Å²) < 4.78 is 1.61. The molecular formula is C12H13N3O3S. The van der Waals surface area contributed by atoms with Crippen molar-refractivity contribution < 1.29 is 14.7 Å². The van der Waals surface area contributed by atoms with Crippen LogP contribution in [0.2, 0.25) is 0 Å². The van der Waals surface area contributed by atoms with Gasteiger partial charge < -0.3 is 10.4 Å². The Hall–Kier alpha value is -2.15. The maximum absolute atomic E-state index is 12.1. The Morgan fingerprint density at radius 1 is 1.47 bits per heavy atom.